The molecule has 3 aromatic rings. The van der Waals surface area contributed by atoms with Gasteiger partial charge in [-0.2, -0.15) is 0 Å². The molecular formula is C23H18BrClN2O2S. The number of nitrogens with one attached hydrogen (secondary N) is 1. The van der Waals surface area contributed by atoms with Gasteiger partial charge < -0.3 is 10.2 Å². The van der Waals surface area contributed by atoms with Gasteiger partial charge in [0, 0.05) is 22.3 Å². The van der Waals surface area contributed by atoms with Crippen molar-refractivity contribution in [1.82, 2.24) is 4.90 Å². The lowest BCUT2D eigenvalue weighted by Gasteiger charge is -2.24. The molecule has 7 heteroatoms. The Hall–Kier alpha value is -2.28. The van der Waals surface area contributed by atoms with Crippen LogP contribution in [0, 0.1) is 0 Å². The highest BCUT2D eigenvalue weighted by Crippen LogP contribution is 2.39. The fraction of sp³-hybridized carbons (Fsp3) is 0.130. The minimum atomic E-state index is -0.212. The number of anilines is 1. The summed E-state index contributed by atoms with van der Waals surface area (Å²) >= 11 is 11.0. The molecule has 1 N–H and O–H groups in total. The molecule has 4 rings (SSSR count). The second kappa shape index (κ2) is 9.25. The summed E-state index contributed by atoms with van der Waals surface area (Å²) in [5.41, 5.74) is 3.28. The predicted molar refractivity (Wildman–Crippen MR) is 126 cm³/mol. The molecule has 0 saturated carbocycles. The van der Waals surface area contributed by atoms with Crippen LogP contribution in [0.3, 0.4) is 0 Å². The number of hydrogen-bond donors (Lipinski definition) is 1. The number of benzene rings is 3. The van der Waals surface area contributed by atoms with Crippen LogP contribution >= 0.6 is 39.3 Å². The van der Waals surface area contributed by atoms with Crippen LogP contribution in [-0.2, 0) is 11.3 Å². The highest BCUT2D eigenvalue weighted by atomic mass is 79.9. The topological polar surface area (TPSA) is 49.4 Å². The summed E-state index contributed by atoms with van der Waals surface area (Å²) < 4.78 is 0.773. The van der Waals surface area contributed by atoms with E-state index in [1.807, 2.05) is 47.4 Å². The first kappa shape index (κ1) is 21.0. The maximum atomic E-state index is 12.6. The fourth-order valence-electron chi connectivity index (χ4n) is 3.26. The number of hydrogen-bond acceptors (Lipinski definition) is 3. The van der Waals surface area contributed by atoms with E-state index in [0.29, 0.717) is 28.6 Å². The van der Waals surface area contributed by atoms with Gasteiger partial charge in [0.1, 0.15) is 5.37 Å². The summed E-state index contributed by atoms with van der Waals surface area (Å²) in [4.78, 5) is 26.9. The van der Waals surface area contributed by atoms with Crippen molar-refractivity contribution < 1.29 is 9.59 Å². The summed E-state index contributed by atoms with van der Waals surface area (Å²) in [7, 11) is 0. The highest BCUT2D eigenvalue weighted by molar-refractivity contribution is 9.10. The van der Waals surface area contributed by atoms with Crippen LogP contribution in [-0.4, -0.2) is 22.5 Å². The average molecular weight is 502 g/mol. The van der Waals surface area contributed by atoms with Gasteiger partial charge in [-0.25, -0.2) is 0 Å². The molecule has 2 amide bonds. The molecule has 0 unspecified atom stereocenters. The number of nitrogens with zero attached hydrogens (tertiary/aromatic N) is 1. The minimum Gasteiger partial charge on any atom is -0.322 e. The number of halogens is 2. The van der Waals surface area contributed by atoms with Gasteiger partial charge in [0.2, 0.25) is 5.91 Å². The molecule has 1 aliphatic rings. The van der Waals surface area contributed by atoms with E-state index in [1.165, 1.54) is 0 Å². The second-order valence-corrected chi connectivity index (χ2v) is 9.21. The Balaban J connectivity index is 1.47. The van der Waals surface area contributed by atoms with Crippen molar-refractivity contribution in [3.8, 4) is 0 Å². The standard InChI is InChI=1S/C23H18BrClN2O2S/c24-19-11-10-18(12-20(19)25)26-22(29)16-6-8-17(9-7-16)23-27(21(28)14-30-23)13-15-4-2-1-3-5-15/h1-12,23H,13-14H2,(H,26,29)/t23-/m0/s1. The fourth-order valence-corrected chi connectivity index (χ4v) is 4.87. The maximum Gasteiger partial charge on any atom is 0.255 e. The van der Waals surface area contributed by atoms with Crippen molar-refractivity contribution in [3.63, 3.8) is 0 Å². The number of carbonyl (C=O) groups is 2. The van der Waals surface area contributed by atoms with Gasteiger partial charge in [0.15, 0.2) is 0 Å². The Morgan fingerprint density at radius 2 is 1.83 bits per heavy atom. The molecule has 0 radical (unpaired) electrons. The Bertz CT molecular complexity index is 1080. The molecule has 1 heterocycles. The van der Waals surface area contributed by atoms with Crippen LogP contribution in [0.4, 0.5) is 5.69 Å². The van der Waals surface area contributed by atoms with Crippen LogP contribution in [0.1, 0.15) is 26.9 Å². The Kier molecular flexibility index (Phi) is 6.46. The van der Waals surface area contributed by atoms with Crippen molar-refractivity contribution in [1.29, 1.82) is 0 Å². The molecule has 152 valence electrons. The maximum absolute atomic E-state index is 12.6. The van der Waals surface area contributed by atoms with Gasteiger partial charge in [-0.05, 0) is 57.4 Å². The largest absolute Gasteiger partial charge is 0.322 e. The normalized spacial score (nSPS) is 16.0. The molecule has 0 spiro atoms. The average Bonchev–Trinajstić information content (AvgIpc) is 3.12. The third-order valence-electron chi connectivity index (χ3n) is 4.80. The van der Waals surface area contributed by atoms with E-state index in [4.69, 9.17) is 11.6 Å². The lowest BCUT2D eigenvalue weighted by molar-refractivity contribution is -0.128. The molecule has 1 atom stereocenters. The highest BCUT2D eigenvalue weighted by Gasteiger charge is 2.32. The Morgan fingerprint density at radius 3 is 2.53 bits per heavy atom. The van der Waals surface area contributed by atoms with Crippen molar-refractivity contribution in [2.24, 2.45) is 0 Å². The van der Waals surface area contributed by atoms with Gasteiger partial charge in [0.25, 0.3) is 5.91 Å². The molecule has 1 aliphatic heterocycles. The number of rotatable bonds is 5. The quantitative estimate of drug-likeness (QED) is 0.457. The monoisotopic (exact) mass is 500 g/mol. The molecule has 0 bridgehead atoms. The van der Waals surface area contributed by atoms with Crippen LogP contribution < -0.4 is 5.32 Å². The first-order valence-corrected chi connectivity index (χ1v) is 11.5. The second-order valence-electron chi connectivity index (χ2n) is 6.88. The summed E-state index contributed by atoms with van der Waals surface area (Å²) in [6.45, 7) is 0.573. The van der Waals surface area contributed by atoms with Crippen LogP contribution in [0.5, 0.6) is 0 Å². The molecule has 30 heavy (non-hydrogen) atoms. The van der Waals surface area contributed by atoms with E-state index in [0.717, 1.165) is 15.6 Å². The number of amides is 2. The van der Waals surface area contributed by atoms with Crippen molar-refractivity contribution >= 4 is 56.8 Å². The van der Waals surface area contributed by atoms with Gasteiger partial charge in [-0.3, -0.25) is 9.59 Å². The van der Waals surface area contributed by atoms with E-state index in [9.17, 15) is 9.59 Å². The summed E-state index contributed by atoms with van der Waals surface area (Å²) in [5, 5.41) is 3.33. The third-order valence-corrected chi connectivity index (χ3v) is 7.29. The van der Waals surface area contributed by atoms with E-state index in [1.54, 1.807) is 42.1 Å². The van der Waals surface area contributed by atoms with Gasteiger partial charge in [-0.15, -0.1) is 11.8 Å². The van der Waals surface area contributed by atoms with Crippen molar-refractivity contribution in [2.45, 2.75) is 11.9 Å². The molecule has 0 aliphatic carbocycles. The van der Waals surface area contributed by atoms with Crippen molar-refractivity contribution in [2.75, 3.05) is 11.1 Å². The first-order chi connectivity index (χ1) is 14.5. The Morgan fingerprint density at radius 1 is 1.10 bits per heavy atom. The molecule has 1 fully saturated rings. The van der Waals surface area contributed by atoms with Crippen LogP contribution in [0.25, 0.3) is 0 Å². The third kappa shape index (κ3) is 4.72. The molecule has 4 nitrogen and oxygen atoms in total. The van der Waals surface area contributed by atoms with E-state index >= 15 is 0 Å². The lowest BCUT2D eigenvalue weighted by atomic mass is 10.1. The SMILES string of the molecule is O=C(Nc1ccc(Br)c(Cl)c1)c1ccc([C@@H]2SCC(=O)N2Cc2ccccc2)cc1. The zero-order valence-corrected chi connectivity index (χ0v) is 19.0. The van der Waals surface area contributed by atoms with Crippen LogP contribution in [0.15, 0.2) is 77.3 Å². The van der Waals surface area contributed by atoms with Gasteiger partial charge in [0.05, 0.1) is 10.8 Å². The summed E-state index contributed by atoms with van der Waals surface area (Å²) in [6.07, 6.45) is 0. The molecule has 0 aromatic heterocycles. The smallest absolute Gasteiger partial charge is 0.255 e. The van der Waals surface area contributed by atoms with E-state index in [-0.39, 0.29) is 17.2 Å². The van der Waals surface area contributed by atoms with Gasteiger partial charge in [-0.1, -0.05) is 54.1 Å². The lowest BCUT2D eigenvalue weighted by Crippen LogP contribution is -2.27. The zero-order chi connectivity index (χ0) is 21.1. The minimum absolute atomic E-state index is 0.0555. The first-order valence-electron chi connectivity index (χ1n) is 9.32. The van der Waals surface area contributed by atoms with E-state index in [2.05, 4.69) is 21.2 Å². The van der Waals surface area contributed by atoms with Crippen molar-refractivity contribution in [3.05, 3.63) is 99.0 Å². The predicted octanol–water partition coefficient (Wildman–Crippen LogP) is 6.13. The number of carbonyl (C=O) groups excluding carboxylic acids is 2. The zero-order valence-electron chi connectivity index (χ0n) is 15.8. The summed E-state index contributed by atoms with van der Waals surface area (Å²) in [6, 6.07) is 22.6. The van der Waals surface area contributed by atoms with Crippen LogP contribution in [0.2, 0.25) is 5.02 Å². The number of thioether (sulfide) groups is 1. The van der Waals surface area contributed by atoms with Gasteiger partial charge >= 0.3 is 0 Å². The molecular weight excluding hydrogens is 484 g/mol. The molecule has 1 saturated heterocycles. The van der Waals surface area contributed by atoms with E-state index < -0.39 is 0 Å². The summed E-state index contributed by atoms with van der Waals surface area (Å²) in [5.74, 6) is 0.378. The molecule has 3 aromatic carbocycles. The Labute approximate surface area is 192 Å².